The third kappa shape index (κ3) is 2.05. The summed E-state index contributed by atoms with van der Waals surface area (Å²) in [6, 6.07) is 4.25. The number of sulfonamides is 1. The van der Waals surface area contributed by atoms with Gasteiger partial charge in [-0.05, 0) is 12.1 Å². The number of non-ortho nitro benzene ring substituents is 1. The van der Waals surface area contributed by atoms with E-state index in [1.165, 1.54) is 4.83 Å². The van der Waals surface area contributed by atoms with Gasteiger partial charge in [0, 0.05) is 12.1 Å². The highest BCUT2D eigenvalue weighted by molar-refractivity contribution is 7.89. The lowest BCUT2D eigenvalue weighted by Crippen LogP contribution is -2.21. The fraction of sp³-hybridized carbons (Fsp3) is 0. The third-order valence-corrected chi connectivity index (χ3v) is 2.65. The monoisotopic (exact) mass is 216 g/mol. The summed E-state index contributed by atoms with van der Waals surface area (Å²) in [7, 11) is -3.85. The normalized spacial score (nSPS) is 11.2. The fourth-order valence-electron chi connectivity index (χ4n) is 0.806. The zero-order valence-corrected chi connectivity index (χ0v) is 7.61. The van der Waals surface area contributed by atoms with E-state index in [9.17, 15) is 18.5 Å². The molecular weight excluding hydrogens is 210 g/mol. The molecule has 1 radical (unpaired) electrons. The largest absolute Gasteiger partial charge is 0.269 e. The Morgan fingerprint density at radius 1 is 1.29 bits per heavy atom. The molecule has 0 saturated heterocycles. The molecule has 0 aliphatic heterocycles. The predicted octanol–water partition coefficient (Wildman–Crippen LogP) is 0.0710. The molecule has 0 amide bonds. The number of nitro benzene ring substituents is 1. The van der Waals surface area contributed by atoms with Crippen molar-refractivity contribution in [2.75, 3.05) is 0 Å². The second-order valence-electron chi connectivity index (χ2n) is 2.36. The fourth-order valence-corrected chi connectivity index (χ4v) is 1.42. The van der Waals surface area contributed by atoms with E-state index in [4.69, 9.17) is 5.84 Å². The van der Waals surface area contributed by atoms with Crippen molar-refractivity contribution in [1.82, 2.24) is 10.7 Å². The maximum Gasteiger partial charge on any atom is 0.269 e. The van der Waals surface area contributed by atoms with Crippen LogP contribution in [-0.4, -0.2) is 13.3 Å². The summed E-state index contributed by atoms with van der Waals surface area (Å²) in [5.74, 6) is 6.51. The molecule has 7 nitrogen and oxygen atoms in total. The van der Waals surface area contributed by atoms with Gasteiger partial charge in [0.15, 0.2) is 0 Å². The lowest BCUT2D eigenvalue weighted by Gasteiger charge is -1.99. The maximum absolute atomic E-state index is 11.0. The van der Waals surface area contributed by atoms with E-state index in [0.29, 0.717) is 0 Å². The Morgan fingerprint density at radius 2 is 1.79 bits per heavy atom. The van der Waals surface area contributed by atoms with Crippen molar-refractivity contribution in [1.29, 1.82) is 0 Å². The summed E-state index contributed by atoms with van der Waals surface area (Å²) in [5.41, 5.74) is -0.200. The van der Waals surface area contributed by atoms with Crippen LogP contribution in [0, 0.1) is 10.1 Å². The van der Waals surface area contributed by atoms with Gasteiger partial charge in [-0.3, -0.25) is 10.1 Å². The molecule has 0 aliphatic rings. The minimum atomic E-state index is -3.85. The highest BCUT2D eigenvalue weighted by Crippen LogP contribution is 2.14. The second-order valence-corrected chi connectivity index (χ2v) is 4.04. The summed E-state index contributed by atoms with van der Waals surface area (Å²) < 4.78 is 22.0. The van der Waals surface area contributed by atoms with Crippen LogP contribution < -0.4 is 10.7 Å². The molecule has 0 spiro atoms. The van der Waals surface area contributed by atoms with Gasteiger partial charge in [-0.15, -0.1) is 4.83 Å². The van der Waals surface area contributed by atoms with Gasteiger partial charge in [0.2, 0.25) is 0 Å². The van der Waals surface area contributed by atoms with Crippen LogP contribution in [-0.2, 0) is 10.0 Å². The number of hydrogen-bond donors (Lipinski definition) is 1. The molecule has 1 aromatic rings. The quantitative estimate of drug-likeness (QED) is 0.568. The van der Waals surface area contributed by atoms with Crippen LogP contribution in [0.2, 0.25) is 0 Å². The highest BCUT2D eigenvalue weighted by Gasteiger charge is 2.13. The molecule has 0 aliphatic carbocycles. The van der Waals surface area contributed by atoms with Gasteiger partial charge in [-0.1, -0.05) is 0 Å². The maximum atomic E-state index is 11.0. The number of nitrogens with one attached hydrogen (secondary N) is 2. The Morgan fingerprint density at radius 3 is 2.14 bits per heavy atom. The van der Waals surface area contributed by atoms with E-state index < -0.39 is 14.9 Å². The molecule has 0 aromatic heterocycles. The number of benzene rings is 1. The molecule has 8 heteroatoms. The van der Waals surface area contributed by atoms with Gasteiger partial charge < -0.3 is 0 Å². The molecule has 75 valence electrons. The van der Waals surface area contributed by atoms with Gasteiger partial charge in [-0.2, -0.15) is 5.84 Å². The standard InChI is InChI=1S/C6H6N3O4S/c7-8-14(12,13)6-3-1-5(2-4-6)9(10)11/h1-4,7-8H. The van der Waals surface area contributed by atoms with Crippen molar-refractivity contribution >= 4 is 15.7 Å². The van der Waals surface area contributed by atoms with E-state index in [1.807, 2.05) is 0 Å². The Kier molecular flexibility index (Phi) is 2.79. The lowest BCUT2D eigenvalue weighted by atomic mass is 10.3. The SMILES string of the molecule is [NH]NS(=O)(=O)c1ccc([N+](=O)[O-])cc1. The zero-order valence-electron chi connectivity index (χ0n) is 6.80. The Bertz CT molecular complexity index is 439. The average Bonchev–Trinajstić information content (AvgIpc) is 2.18. The lowest BCUT2D eigenvalue weighted by molar-refractivity contribution is -0.384. The minimum Gasteiger partial charge on any atom is -0.258 e. The number of rotatable bonds is 3. The predicted molar refractivity (Wildman–Crippen MR) is 46.5 cm³/mol. The summed E-state index contributed by atoms with van der Waals surface area (Å²) >= 11 is 0. The zero-order chi connectivity index (χ0) is 10.8. The summed E-state index contributed by atoms with van der Waals surface area (Å²) in [4.78, 5) is 10.8. The van der Waals surface area contributed by atoms with Gasteiger partial charge in [-0.25, -0.2) is 8.42 Å². The van der Waals surface area contributed by atoms with Crippen molar-refractivity contribution in [2.45, 2.75) is 4.90 Å². The van der Waals surface area contributed by atoms with Gasteiger partial charge in [0.05, 0.1) is 9.82 Å². The van der Waals surface area contributed by atoms with Crippen LogP contribution >= 0.6 is 0 Å². The molecule has 0 heterocycles. The van der Waals surface area contributed by atoms with Crippen LogP contribution in [0.5, 0.6) is 0 Å². The summed E-state index contributed by atoms with van der Waals surface area (Å²) in [6.07, 6.45) is 0. The Labute approximate surface area is 79.7 Å². The first-order valence-corrected chi connectivity index (χ1v) is 4.88. The summed E-state index contributed by atoms with van der Waals surface area (Å²) in [5, 5.41) is 10.2. The van der Waals surface area contributed by atoms with Crippen molar-refractivity contribution < 1.29 is 13.3 Å². The van der Waals surface area contributed by atoms with Gasteiger partial charge in [0.1, 0.15) is 0 Å². The van der Waals surface area contributed by atoms with Crippen LogP contribution in [0.3, 0.4) is 0 Å². The smallest absolute Gasteiger partial charge is 0.258 e. The van der Waals surface area contributed by atoms with Crippen molar-refractivity contribution in [2.24, 2.45) is 0 Å². The van der Waals surface area contributed by atoms with E-state index in [-0.39, 0.29) is 10.6 Å². The molecular formula is C6H6N3O4S. The van der Waals surface area contributed by atoms with E-state index in [1.54, 1.807) is 0 Å². The van der Waals surface area contributed by atoms with E-state index in [0.717, 1.165) is 24.3 Å². The van der Waals surface area contributed by atoms with Crippen LogP contribution in [0.15, 0.2) is 29.2 Å². The van der Waals surface area contributed by atoms with Crippen molar-refractivity contribution in [3.63, 3.8) is 0 Å². The van der Waals surface area contributed by atoms with Gasteiger partial charge >= 0.3 is 0 Å². The van der Waals surface area contributed by atoms with Crippen molar-refractivity contribution in [3.8, 4) is 0 Å². The first-order valence-electron chi connectivity index (χ1n) is 3.40. The second kappa shape index (κ2) is 3.70. The molecule has 0 saturated carbocycles. The molecule has 2 N–H and O–H groups in total. The molecule has 0 bridgehead atoms. The molecule has 1 aromatic carbocycles. The van der Waals surface area contributed by atoms with E-state index in [2.05, 4.69) is 0 Å². The van der Waals surface area contributed by atoms with Crippen LogP contribution in [0.1, 0.15) is 0 Å². The third-order valence-electron chi connectivity index (χ3n) is 1.49. The topological polar surface area (TPSA) is 113 Å². The van der Waals surface area contributed by atoms with Gasteiger partial charge in [0.25, 0.3) is 15.7 Å². The average molecular weight is 216 g/mol. The summed E-state index contributed by atoms with van der Waals surface area (Å²) in [6.45, 7) is 0. The highest BCUT2D eigenvalue weighted by atomic mass is 32.2. The number of nitrogens with zero attached hydrogens (tertiary/aromatic N) is 1. The first-order chi connectivity index (χ1) is 6.47. The van der Waals surface area contributed by atoms with Crippen molar-refractivity contribution in [3.05, 3.63) is 34.4 Å². The van der Waals surface area contributed by atoms with Crippen LogP contribution in [0.25, 0.3) is 0 Å². The molecule has 14 heavy (non-hydrogen) atoms. The van der Waals surface area contributed by atoms with E-state index >= 15 is 0 Å². The Hall–Kier alpha value is -1.51. The molecule has 0 unspecified atom stereocenters. The number of nitro groups is 1. The molecule has 0 fully saturated rings. The molecule has 1 rings (SSSR count). The minimum absolute atomic E-state index is 0.182. The molecule has 0 atom stereocenters. The Balaban J connectivity index is 3.12. The number of hydrogen-bond acceptors (Lipinski definition) is 4. The first kappa shape index (κ1) is 10.6. The van der Waals surface area contributed by atoms with Crippen LogP contribution in [0.4, 0.5) is 5.69 Å².